The standard InChI is InChI=1S/C21H19ClFN3O/c1-2-26(14-15-6-4-3-5-7-15)21(27)16-10-18(13-24-12-16)25-17-8-9-20(23)19(22)11-17/h3-13,25H,2,14H2,1H3. The maximum atomic E-state index is 13.3. The lowest BCUT2D eigenvalue weighted by molar-refractivity contribution is 0.0752. The number of rotatable bonds is 6. The maximum absolute atomic E-state index is 13.3. The summed E-state index contributed by atoms with van der Waals surface area (Å²) >= 11 is 5.81. The van der Waals surface area contributed by atoms with Gasteiger partial charge in [-0.25, -0.2) is 4.39 Å². The second kappa shape index (κ2) is 8.64. The highest BCUT2D eigenvalue weighted by molar-refractivity contribution is 6.31. The van der Waals surface area contributed by atoms with Crippen molar-refractivity contribution in [2.45, 2.75) is 13.5 Å². The van der Waals surface area contributed by atoms with Crippen molar-refractivity contribution in [3.8, 4) is 0 Å². The van der Waals surface area contributed by atoms with E-state index in [9.17, 15) is 9.18 Å². The predicted octanol–water partition coefficient (Wildman–Crippen LogP) is 5.28. The SMILES string of the molecule is CCN(Cc1ccccc1)C(=O)c1cncc(Nc2ccc(F)c(Cl)c2)c1. The lowest BCUT2D eigenvalue weighted by Gasteiger charge is -2.21. The first kappa shape index (κ1) is 18.9. The predicted molar refractivity (Wildman–Crippen MR) is 106 cm³/mol. The summed E-state index contributed by atoms with van der Waals surface area (Å²) in [5.74, 6) is -0.585. The van der Waals surface area contributed by atoms with Gasteiger partial charge in [-0.05, 0) is 36.8 Å². The molecule has 0 saturated carbocycles. The van der Waals surface area contributed by atoms with Crippen LogP contribution in [0.15, 0.2) is 67.0 Å². The molecule has 0 aliphatic carbocycles. The minimum atomic E-state index is -0.483. The van der Waals surface area contributed by atoms with Gasteiger partial charge in [-0.3, -0.25) is 9.78 Å². The van der Waals surface area contributed by atoms with Crippen LogP contribution >= 0.6 is 11.6 Å². The molecule has 0 spiro atoms. The zero-order chi connectivity index (χ0) is 19.2. The van der Waals surface area contributed by atoms with Crippen molar-refractivity contribution < 1.29 is 9.18 Å². The van der Waals surface area contributed by atoms with Crippen LogP contribution in [0.5, 0.6) is 0 Å². The number of benzene rings is 2. The number of pyridine rings is 1. The molecule has 0 aliphatic heterocycles. The number of nitrogens with one attached hydrogen (secondary N) is 1. The number of halogens is 2. The van der Waals surface area contributed by atoms with E-state index in [1.807, 2.05) is 37.3 Å². The van der Waals surface area contributed by atoms with E-state index in [0.717, 1.165) is 5.56 Å². The summed E-state index contributed by atoms with van der Waals surface area (Å²) in [6, 6.07) is 15.9. The van der Waals surface area contributed by atoms with Crippen LogP contribution in [0.4, 0.5) is 15.8 Å². The molecule has 0 saturated heterocycles. The van der Waals surface area contributed by atoms with Crippen molar-refractivity contribution in [2.75, 3.05) is 11.9 Å². The van der Waals surface area contributed by atoms with Gasteiger partial charge < -0.3 is 10.2 Å². The maximum Gasteiger partial charge on any atom is 0.255 e. The van der Waals surface area contributed by atoms with E-state index in [1.165, 1.54) is 12.1 Å². The summed E-state index contributed by atoms with van der Waals surface area (Å²) in [5.41, 5.74) is 2.78. The Kier molecular flexibility index (Phi) is 6.04. The average Bonchev–Trinajstić information content (AvgIpc) is 2.69. The van der Waals surface area contributed by atoms with Crippen LogP contribution in [-0.2, 0) is 6.54 Å². The molecule has 0 atom stereocenters. The Hall–Kier alpha value is -2.92. The molecular weight excluding hydrogens is 365 g/mol. The van der Waals surface area contributed by atoms with Crippen molar-refractivity contribution >= 4 is 28.9 Å². The minimum absolute atomic E-state index is 0.0280. The van der Waals surface area contributed by atoms with E-state index >= 15 is 0 Å². The van der Waals surface area contributed by atoms with E-state index in [1.54, 1.807) is 29.4 Å². The van der Waals surface area contributed by atoms with Gasteiger partial charge in [0, 0.05) is 25.0 Å². The van der Waals surface area contributed by atoms with Gasteiger partial charge in [0.2, 0.25) is 0 Å². The number of aromatic nitrogens is 1. The minimum Gasteiger partial charge on any atom is -0.354 e. The van der Waals surface area contributed by atoms with Crippen molar-refractivity contribution in [2.24, 2.45) is 0 Å². The lowest BCUT2D eigenvalue weighted by Crippen LogP contribution is -2.30. The molecule has 0 unspecified atom stereocenters. The fourth-order valence-corrected chi connectivity index (χ4v) is 2.86. The summed E-state index contributed by atoms with van der Waals surface area (Å²) < 4.78 is 13.3. The number of amides is 1. The molecule has 27 heavy (non-hydrogen) atoms. The van der Waals surface area contributed by atoms with Crippen molar-refractivity contribution in [1.82, 2.24) is 9.88 Å². The molecule has 0 aliphatic rings. The summed E-state index contributed by atoms with van der Waals surface area (Å²) in [6.45, 7) is 3.05. The van der Waals surface area contributed by atoms with Gasteiger partial charge in [0.25, 0.3) is 5.91 Å². The molecule has 2 aromatic carbocycles. The third-order valence-electron chi connectivity index (χ3n) is 4.08. The topological polar surface area (TPSA) is 45.2 Å². The molecule has 0 bridgehead atoms. The van der Waals surface area contributed by atoms with Gasteiger partial charge in [-0.15, -0.1) is 0 Å². The average molecular weight is 384 g/mol. The molecule has 0 fully saturated rings. The lowest BCUT2D eigenvalue weighted by atomic mass is 10.2. The smallest absolute Gasteiger partial charge is 0.255 e. The number of carbonyl (C=O) groups excluding carboxylic acids is 1. The van der Waals surface area contributed by atoms with Crippen LogP contribution in [-0.4, -0.2) is 22.3 Å². The second-order valence-electron chi connectivity index (χ2n) is 6.02. The van der Waals surface area contributed by atoms with E-state index < -0.39 is 5.82 Å². The Morgan fingerprint density at radius 2 is 1.89 bits per heavy atom. The summed E-state index contributed by atoms with van der Waals surface area (Å²) in [6.07, 6.45) is 3.14. The molecular formula is C21H19ClFN3O. The van der Waals surface area contributed by atoms with Gasteiger partial charge in [-0.1, -0.05) is 41.9 Å². The van der Waals surface area contributed by atoms with Gasteiger partial charge >= 0.3 is 0 Å². The Morgan fingerprint density at radius 3 is 2.59 bits per heavy atom. The zero-order valence-corrected chi connectivity index (χ0v) is 15.6. The monoisotopic (exact) mass is 383 g/mol. The van der Waals surface area contributed by atoms with Crippen molar-refractivity contribution in [1.29, 1.82) is 0 Å². The van der Waals surface area contributed by atoms with Crippen LogP contribution in [0.25, 0.3) is 0 Å². The zero-order valence-electron chi connectivity index (χ0n) is 14.8. The highest BCUT2D eigenvalue weighted by Gasteiger charge is 2.15. The Morgan fingerprint density at radius 1 is 1.11 bits per heavy atom. The third kappa shape index (κ3) is 4.83. The highest BCUT2D eigenvalue weighted by atomic mass is 35.5. The van der Waals surface area contributed by atoms with Crippen LogP contribution in [0, 0.1) is 5.82 Å². The van der Waals surface area contributed by atoms with Gasteiger partial charge in [0.1, 0.15) is 5.82 Å². The second-order valence-corrected chi connectivity index (χ2v) is 6.43. The summed E-state index contributed by atoms with van der Waals surface area (Å²) in [4.78, 5) is 18.8. The van der Waals surface area contributed by atoms with Crippen molar-refractivity contribution in [3.05, 3.63) is 89.0 Å². The number of carbonyl (C=O) groups is 1. The molecule has 6 heteroatoms. The number of hydrogen-bond acceptors (Lipinski definition) is 3. The molecule has 1 aromatic heterocycles. The normalized spacial score (nSPS) is 10.5. The number of hydrogen-bond donors (Lipinski definition) is 1. The van der Waals surface area contributed by atoms with E-state index in [-0.39, 0.29) is 10.9 Å². The Balaban J connectivity index is 1.76. The molecule has 4 nitrogen and oxygen atoms in total. The Bertz CT molecular complexity index is 934. The molecule has 1 amide bonds. The fourth-order valence-electron chi connectivity index (χ4n) is 2.68. The van der Waals surface area contributed by atoms with Crippen LogP contribution < -0.4 is 5.32 Å². The molecule has 1 heterocycles. The summed E-state index contributed by atoms with van der Waals surface area (Å²) in [5, 5.41) is 3.12. The Labute approximate surface area is 162 Å². The quantitative estimate of drug-likeness (QED) is 0.629. The van der Waals surface area contributed by atoms with Crippen LogP contribution in [0.1, 0.15) is 22.8 Å². The molecule has 1 N–H and O–H groups in total. The first-order valence-electron chi connectivity index (χ1n) is 8.57. The molecule has 0 radical (unpaired) electrons. The van der Waals surface area contributed by atoms with Gasteiger partial charge in [-0.2, -0.15) is 0 Å². The van der Waals surface area contributed by atoms with Gasteiger partial charge in [0.15, 0.2) is 0 Å². The highest BCUT2D eigenvalue weighted by Crippen LogP contribution is 2.23. The third-order valence-corrected chi connectivity index (χ3v) is 4.37. The van der Waals surface area contributed by atoms with Gasteiger partial charge in [0.05, 0.1) is 22.5 Å². The first-order chi connectivity index (χ1) is 13.1. The van der Waals surface area contributed by atoms with Crippen molar-refractivity contribution in [3.63, 3.8) is 0 Å². The molecule has 3 aromatic rings. The first-order valence-corrected chi connectivity index (χ1v) is 8.95. The largest absolute Gasteiger partial charge is 0.354 e. The molecule has 138 valence electrons. The van der Waals surface area contributed by atoms with Crippen LogP contribution in [0.2, 0.25) is 5.02 Å². The van der Waals surface area contributed by atoms with E-state index in [0.29, 0.717) is 30.0 Å². The number of anilines is 2. The summed E-state index contributed by atoms with van der Waals surface area (Å²) in [7, 11) is 0. The number of nitrogens with zero attached hydrogens (tertiary/aromatic N) is 2. The fraction of sp³-hybridized carbons (Fsp3) is 0.143. The van der Waals surface area contributed by atoms with E-state index in [2.05, 4.69) is 10.3 Å². The molecule has 3 rings (SSSR count). The van der Waals surface area contributed by atoms with E-state index in [4.69, 9.17) is 11.6 Å². The van der Waals surface area contributed by atoms with Crippen LogP contribution in [0.3, 0.4) is 0 Å².